The molecule has 8 nitrogen and oxygen atoms in total. The Kier molecular flexibility index (Phi) is 9.68. The molecule has 0 aliphatic carbocycles. The summed E-state index contributed by atoms with van der Waals surface area (Å²) >= 11 is 0. The molecule has 0 spiro atoms. The molecular weight excluding hydrogens is 579 g/mol. The molecule has 0 aromatic carbocycles. The van der Waals surface area contributed by atoms with Gasteiger partial charge in [-0.1, -0.05) is 0 Å². The largest absolute Gasteiger partial charge is 3.00 e. The minimum absolute atomic E-state index is 0. The standard InChI is InChI=1S/2C17H18N4.Co/c2*1-11-5-6-18-15(7-11)16-8-12(2)9-17(20-16)21-14(4)13(3)10-19-21;/h2*5-10H,1-4H3;/q;;+3. The third-order valence-electron chi connectivity index (χ3n) is 7.21. The van der Waals surface area contributed by atoms with Crippen LogP contribution in [0.5, 0.6) is 0 Å². The van der Waals surface area contributed by atoms with Gasteiger partial charge in [-0.05, 0) is 137 Å². The quantitative estimate of drug-likeness (QED) is 0.210. The van der Waals surface area contributed by atoms with Gasteiger partial charge in [-0.2, -0.15) is 10.2 Å². The minimum atomic E-state index is 0. The molecule has 0 atom stereocenters. The van der Waals surface area contributed by atoms with E-state index in [1.165, 1.54) is 11.1 Å². The van der Waals surface area contributed by atoms with Crippen LogP contribution in [0.1, 0.15) is 44.8 Å². The van der Waals surface area contributed by atoms with Crippen LogP contribution in [0.3, 0.4) is 0 Å². The van der Waals surface area contributed by atoms with Crippen molar-refractivity contribution in [3.63, 3.8) is 0 Å². The molecule has 43 heavy (non-hydrogen) atoms. The fourth-order valence-corrected chi connectivity index (χ4v) is 4.57. The molecule has 0 saturated carbocycles. The normalized spacial score (nSPS) is 10.6. The number of aryl methyl sites for hydroxylation is 6. The summed E-state index contributed by atoms with van der Waals surface area (Å²) in [6.45, 7) is 16.5. The average Bonchev–Trinajstić information content (AvgIpc) is 3.48. The molecule has 6 heterocycles. The van der Waals surface area contributed by atoms with Gasteiger partial charge in [0.15, 0.2) is 11.6 Å². The molecule has 0 saturated heterocycles. The van der Waals surface area contributed by atoms with Crippen molar-refractivity contribution >= 4 is 0 Å². The van der Waals surface area contributed by atoms with Gasteiger partial charge in [0, 0.05) is 23.8 Å². The summed E-state index contributed by atoms with van der Waals surface area (Å²) in [5, 5.41) is 8.83. The van der Waals surface area contributed by atoms with E-state index >= 15 is 0 Å². The van der Waals surface area contributed by atoms with Crippen LogP contribution in [-0.4, -0.2) is 39.5 Å². The summed E-state index contributed by atoms with van der Waals surface area (Å²) in [5.41, 5.74) is 12.7. The van der Waals surface area contributed by atoms with Crippen molar-refractivity contribution in [1.82, 2.24) is 39.5 Å². The van der Waals surface area contributed by atoms with E-state index < -0.39 is 0 Å². The summed E-state index contributed by atoms with van der Waals surface area (Å²) in [4.78, 5) is 18.3. The van der Waals surface area contributed by atoms with Gasteiger partial charge in [-0.3, -0.25) is 9.97 Å². The maximum absolute atomic E-state index is 4.73. The van der Waals surface area contributed by atoms with Gasteiger partial charge >= 0.3 is 16.8 Å². The first-order valence-corrected chi connectivity index (χ1v) is 14.0. The van der Waals surface area contributed by atoms with E-state index in [0.29, 0.717) is 0 Å². The Balaban J connectivity index is 0.000000192. The molecule has 6 aromatic rings. The Hall–Kier alpha value is -4.47. The minimum Gasteiger partial charge on any atom is -0.255 e. The van der Waals surface area contributed by atoms with Crippen molar-refractivity contribution in [3.05, 3.63) is 118 Å². The predicted molar refractivity (Wildman–Crippen MR) is 167 cm³/mol. The third kappa shape index (κ3) is 7.13. The Morgan fingerprint density at radius 3 is 1.16 bits per heavy atom. The molecule has 0 bridgehead atoms. The molecule has 0 aliphatic heterocycles. The molecule has 0 radical (unpaired) electrons. The van der Waals surface area contributed by atoms with Crippen molar-refractivity contribution in [2.45, 2.75) is 55.4 Å². The second kappa shape index (κ2) is 13.2. The molecular formula is C34H36CoN8+3. The van der Waals surface area contributed by atoms with E-state index in [0.717, 1.165) is 68.1 Å². The Bertz CT molecular complexity index is 1750. The van der Waals surface area contributed by atoms with Crippen LogP contribution in [0.2, 0.25) is 0 Å². The van der Waals surface area contributed by atoms with Crippen molar-refractivity contribution in [1.29, 1.82) is 0 Å². The number of hydrogen-bond acceptors (Lipinski definition) is 6. The van der Waals surface area contributed by atoms with E-state index in [9.17, 15) is 0 Å². The molecule has 0 fully saturated rings. The fraction of sp³-hybridized carbons (Fsp3) is 0.235. The zero-order valence-electron chi connectivity index (χ0n) is 25.8. The number of hydrogen-bond donors (Lipinski definition) is 0. The topological polar surface area (TPSA) is 87.2 Å². The van der Waals surface area contributed by atoms with Crippen LogP contribution < -0.4 is 0 Å². The molecule has 0 N–H and O–H groups in total. The van der Waals surface area contributed by atoms with Gasteiger partial charge < -0.3 is 0 Å². The van der Waals surface area contributed by atoms with Crippen molar-refractivity contribution in [2.24, 2.45) is 0 Å². The maximum atomic E-state index is 4.73. The third-order valence-corrected chi connectivity index (χ3v) is 7.21. The molecule has 218 valence electrons. The summed E-state index contributed by atoms with van der Waals surface area (Å²) < 4.78 is 3.75. The van der Waals surface area contributed by atoms with Crippen molar-refractivity contribution in [2.75, 3.05) is 0 Å². The van der Waals surface area contributed by atoms with Gasteiger partial charge in [0.2, 0.25) is 0 Å². The van der Waals surface area contributed by atoms with Crippen LogP contribution in [-0.2, 0) is 16.8 Å². The number of nitrogens with zero attached hydrogens (tertiary/aromatic N) is 8. The van der Waals surface area contributed by atoms with E-state index in [4.69, 9.17) is 9.97 Å². The van der Waals surface area contributed by atoms with Crippen LogP contribution in [0.4, 0.5) is 0 Å². The monoisotopic (exact) mass is 615 g/mol. The molecule has 0 aliphatic rings. The SMILES string of the molecule is Cc1ccnc(-c2cc(C)cc(-n3ncc(C)c3C)n2)c1.Cc1ccnc(-c2cc(C)cc(-n3ncc(C)c3C)n2)c1.[Co+3]. The zero-order valence-corrected chi connectivity index (χ0v) is 26.9. The molecule has 0 amide bonds. The Morgan fingerprint density at radius 1 is 0.465 bits per heavy atom. The van der Waals surface area contributed by atoms with Crippen LogP contribution in [0.15, 0.2) is 73.3 Å². The van der Waals surface area contributed by atoms with Gasteiger partial charge in [0.1, 0.15) is 0 Å². The first-order valence-electron chi connectivity index (χ1n) is 14.0. The molecule has 6 aromatic heterocycles. The number of aromatic nitrogens is 8. The summed E-state index contributed by atoms with van der Waals surface area (Å²) in [7, 11) is 0. The van der Waals surface area contributed by atoms with E-state index in [1.807, 2.05) is 70.5 Å². The number of pyridine rings is 4. The predicted octanol–water partition coefficient (Wildman–Crippen LogP) is 7.12. The van der Waals surface area contributed by atoms with Gasteiger partial charge in [-0.25, -0.2) is 19.3 Å². The zero-order chi connectivity index (χ0) is 30.0. The van der Waals surface area contributed by atoms with Gasteiger partial charge in [0.05, 0.1) is 35.2 Å². The summed E-state index contributed by atoms with van der Waals surface area (Å²) in [6, 6.07) is 16.3. The van der Waals surface area contributed by atoms with Crippen molar-refractivity contribution in [3.8, 4) is 34.4 Å². The van der Waals surface area contributed by atoms with Crippen LogP contribution >= 0.6 is 0 Å². The van der Waals surface area contributed by atoms with Gasteiger partial charge in [-0.15, -0.1) is 0 Å². The van der Waals surface area contributed by atoms with E-state index in [1.54, 1.807) is 0 Å². The number of rotatable bonds is 4. The Morgan fingerprint density at radius 2 is 0.837 bits per heavy atom. The summed E-state index contributed by atoms with van der Waals surface area (Å²) in [6.07, 6.45) is 7.36. The first kappa shape index (κ1) is 31.5. The Labute approximate surface area is 263 Å². The molecule has 6 rings (SSSR count). The van der Waals surface area contributed by atoms with Crippen LogP contribution in [0, 0.1) is 55.4 Å². The fourth-order valence-electron chi connectivity index (χ4n) is 4.57. The van der Waals surface area contributed by atoms with E-state index in [2.05, 4.69) is 87.7 Å². The smallest absolute Gasteiger partial charge is 0.255 e. The average molecular weight is 616 g/mol. The molecule has 0 unspecified atom stereocenters. The van der Waals surface area contributed by atoms with E-state index in [-0.39, 0.29) is 16.8 Å². The molecule has 9 heteroatoms. The first-order chi connectivity index (χ1) is 20.1. The second-order valence-electron chi connectivity index (χ2n) is 10.9. The van der Waals surface area contributed by atoms with Crippen LogP contribution in [0.25, 0.3) is 34.4 Å². The maximum Gasteiger partial charge on any atom is 3.00 e. The second-order valence-corrected chi connectivity index (χ2v) is 10.9. The van der Waals surface area contributed by atoms with Gasteiger partial charge in [0.25, 0.3) is 0 Å². The summed E-state index contributed by atoms with van der Waals surface area (Å²) in [5.74, 6) is 1.66. The van der Waals surface area contributed by atoms with Crippen molar-refractivity contribution < 1.29 is 16.8 Å².